The van der Waals surface area contributed by atoms with Crippen molar-refractivity contribution >= 4 is 51.8 Å². The molecule has 5 heteroatoms. The Bertz CT molecular complexity index is 748. The monoisotopic (exact) mass is 396 g/mol. The average molecular weight is 394 g/mol. The van der Waals surface area contributed by atoms with Gasteiger partial charge in [0.05, 0.1) is 0 Å². The van der Waals surface area contributed by atoms with Crippen LogP contribution in [-0.4, -0.2) is 37.8 Å². The Labute approximate surface area is 126 Å². The van der Waals surface area contributed by atoms with E-state index in [0.29, 0.717) is 29.0 Å². The number of fused-ring (bicyclic) bond motifs is 1. The molecule has 0 aliphatic heterocycles. The molecule has 1 aromatic carbocycles. The van der Waals surface area contributed by atoms with Gasteiger partial charge in [0.1, 0.15) is 0 Å². The molecule has 0 unspecified atom stereocenters. The third-order valence-corrected chi connectivity index (χ3v) is 7.31. The van der Waals surface area contributed by atoms with E-state index in [-0.39, 0.29) is 0 Å². The molecule has 0 spiro atoms. The van der Waals surface area contributed by atoms with Crippen LogP contribution in [0.15, 0.2) is 46.3 Å². The van der Waals surface area contributed by atoms with Crippen LogP contribution in [0.2, 0.25) is 0 Å². The van der Waals surface area contributed by atoms with Crippen LogP contribution in [-0.2, 0) is 0 Å². The molecule has 3 heterocycles. The fourth-order valence-corrected chi connectivity index (χ4v) is 5.86. The predicted molar refractivity (Wildman–Crippen MR) is 82.2 cm³/mol. The van der Waals surface area contributed by atoms with E-state index in [1.807, 2.05) is 0 Å². The molecule has 0 fully saturated rings. The first-order valence-electron chi connectivity index (χ1n) is 5.76. The maximum atomic E-state index is 4.53. The van der Waals surface area contributed by atoms with Crippen molar-refractivity contribution < 1.29 is 0 Å². The molecule has 0 bridgehead atoms. The summed E-state index contributed by atoms with van der Waals surface area (Å²) in [7, 11) is 0. The van der Waals surface area contributed by atoms with Gasteiger partial charge in [0.25, 0.3) is 0 Å². The van der Waals surface area contributed by atoms with E-state index >= 15 is 0 Å². The van der Waals surface area contributed by atoms with Gasteiger partial charge in [-0.25, -0.2) is 0 Å². The molecule has 0 aliphatic carbocycles. The average Bonchev–Trinajstić information content (AvgIpc) is 3.19. The Hall–Kier alpha value is -0.961. The SMILES string of the molecule is c1c[se]c(-c2ccc(-c3ccc[se]3)c3nsnc23)c1. The summed E-state index contributed by atoms with van der Waals surface area (Å²) in [6.45, 7) is 0. The van der Waals surface area contributed by atoms with Crippen molar-refractivity contribution in [2.45, 2.75) is 0 Å². The van der Waals surface area contributed by atoms with Crippen molar-refractivity contribution in [3.05, 3.63) is 46.3 Å². The zero-order chi connectivity index (χ0) is 12.7. The van der Waals surface area contributed by atoms with Crippen LogP contribution in [0.25, 0.3) is 31.0 Å². The zero-order valence-electron chi connectivity index (χ0n) is 9.74. The van der Waals surface area contributed by atoms with Gasteiger partial charge < -0.3 is 0 Å². The summed E-state index contributed by atoms with van der Waals surface area (Å²) >= 11 is 2.20. The van der Waals surface area contributed by atoms with E-state index < -0.39 is 0 Å². The van der Waals surface area contributed by atoms with Crippen LogP contribution in [0, 0.1) is 0 Å². The molecule has 0 saturated heterocycles. The van der Waals surface area contributed by atoms with Crippen molar-refractivity contribution in [2.24, 2.45) is 0 Å². The van der Waals surface area contributed by atoms with Gasteiger partial charge in [0.15, 0.2) is 0 Å². The minimum absolute atomic E-state index is 0.441. The molecule has 4 rings (SSSR count). The van der Waals surface area contributed by atoms with Crippen molar-refractivity contribution in [2.75, 3.05) is 0 Å². The number of hydrogen-bond acceptors (Lipinski definition) is 3. The van der Waals surface area contributed by atoms with Gasteiger partial charge >= 0.3 is 127 Å². The molecule has 0 atom stereocenters. The normalized spacial score (nSPS) is 11.2. The van der Waals surface area contributed by atoms with E-state index in [1.54, 1.807) is 0 Å². The second-order valence-corrected chi connectivity index (χ2v) is 8.58. The molecule has 4 aromatic rings. The first-order valence-corrected chi connectivity index (χ1v) is 10.2. The number of hydrogen-bond donors (Lipinski definition) is 0. The zero-order valence-corrected chi connectivity index (χ0v) is 14.0. The molecule has 0 saturated carbocycles. The third-order valence-electron chi connectivity index (χ3n) is 2.99. The van der Waals surface area contributed by atoms with Crippen molar-refractivity contribution in [3.8, 4) is 20.0 Å². The summed E-state index contributed by atoms with van der Waals surface area (Å²) < 4.78 is 11.9. The number of aromatic nitrogens is 2. The summed E-state index contributed by atoms with van der Waals surface area (Å²) in [5.74, 6) is 0. The van der Waals surface area contributed by atoms with E-state index in [0.717, 1.165) is 11.0 Å². The first kappa shape index (κ1) is 11.8. The Morgan fingerprint density at radius 3 is 1.68 bits per heavy atom. The van der Waals surface area contributed by atoms with E-state index in [1.165, 1.54) is 31.7 Å². The van der Waals surface area contributed by atoms with Gasteiger partial charge in [-0.15, -0.1) is 0 Å². The van der Waals surface area contributed by atoms with Gasteiger partial charge in [-0.05, 0) is 0 Å². The Morgan fingerprint density at radius 1 is 0.737 bits per heavy atom. The molecular formula is C14H8N2SSe2. The van der Waals surface area contributed by atoms with Crippen molar-refractivity contribution in [1.29, 1.82) is 0 Å². The van der Waals surface area contributed by atoms with Crippen LogP contribution < -0.4 is 0 Å². The molecule has 0 aliphatic rings. The van der Waals surface area contributed by atoms with E-state index in [4.69, 9.17) is 0 Å². The molecule has 19 heavy (non-hydrogen) atoms. The van der Waals surface area contributed by atoms with Crippen LogP contribution in [0.4, 0.5) is 0 Å². The van der Waals surface area contributed by atoms with Gasteiger partial charge in [-0.1, -0.05) is 0 Å². The summed E-state index contributed by atoms with van der Waals surface area (Å²) in [4.78, 5) is 4.49. The van der Waals surface area contributed by atoms with Crippen LogP contribution in [0.3, 0.4) is 0 Å². The van der Waals surface area contributed by atoms with Crippen LogP contribution >= 0.6 is 11.7 Å². The molecule has 0 radical (unpaired) electrons. The van der Waals surface area contributed by atoms with Crippen LogP contribution in [0.5, 0.6) is 0 Å². The summed E-state index contributed by atoms with van der Waals surface area (Å²) in [5, 5.41) is 0. The predicted octanol–water partition coefficient (Wildman–Crippen LogP) is 3.14. The fraction of sp³-hybridized carbons (Fsp3) is 0. The maximum absolute atomic E-state index is 4.53. The van der Waals surface area contributed by atoms with Gasteiger partial charge in [0.2, 0.25) is 0 Å². The molecule has 3 aromatic heterocycles. The Kier molecular flexibility index (Phi) is 3.02. The minimum atomic E-state index is 0.441. The summed E-state index contributed by atoms with van der Waals surface area (Å²) in [5.41, 5.74) is 4.67. The number of benzene rings is 1. The molecular weight excluding hydrogens is 386 g/mol. The Balaban J connectivity index is 2.01. The van der Waals surface area contributed by atoms with Gasteiger partial charge in [-0.3, -0.25) is 0 Å². The third kappa shape index (κ3) is 1.99. The first-order chi connectivity index (χ1) is 9.43. The topological polar surface area (TPSA) is 25.8 Å². The fourth-order valence-electron chi connectivity index (χ4n) is 2.13. The van der Waals surface area contributed by atoms with Crippen molar-refractivity contribution in [3.63, 3.8) is 0 Å². The number of nitrogens with zero attached hydrogens (tertiary/aromatic N) is 2. The molecule has 92 valence electrons. The molecule has 0 N–H and O–H groups in total. The summed E-state index contributed by atoms with van der Waals surface area (Å²) in [6, 6.07) is 13.1. The van der Waals surface area contributed by atoms with E-state index in [9.17, 15) is 0 Å². The summed E-state index contributed by atoms with van der Waals surface area (Å²) in [6.07, 6.45) is 0. The number of rotatable bonds is 2. The van der Waals surface area contributed by atoms with E-state index in [2.05, 4.69) is 55.0 Å². The quantitative estimate of drug-likeness (QED) is 0.489. The second-order valence-electron chi connectivity index (χ2n) is 4.08. The van der Waals surface area contributed by atoms with Crippen molar-refractivity contribution in [1.82, 2.24) is 8.75 Å². The van der Waals surface area contributed by atoms with Crippen LogP contribution in [0.1, 0.15) is 0 Å². The second kappa shape index (κ2) is 4.86. The Morgan fingerprint density at radius 2 is 1.26 bits per heavy atom. The molecule has 2 nitrogen and oxygen atoms in total. The molecule has 0 amide bonds. The van der Waals surface area contributed by atoms with Gasteiger partial charge in [-0.2, -0.15) is 0 Å². The van der Waals surface area contributed by atoms with Gasteiger partial charge in [0, 0.05) is 0 Å². The standard InChI is InChI=1S/C14H8N2SSe2/c1-3-11(18-7-1)9-5-6-10(12-4-2-8-19-12)14-13(9)15-17-16-14/h1-8H.